The molecule has 0 spiro atoms. The van der Waals surface area contributed by atoms with Crippen molar-refractivity contribution >= 4 is 11.6 Å². The molecule has 4 nitrogen and oxygen atoms in total. The Kier molecular flexibility index (Phi) is 7.90. The molecule has 0 radical (unpaired) electrons. The van der Waals surface area contributed by atoms with Gasteiger partial charge in [-0.2, -0.15) is 0 Å². The Morgan fingerprint density at radius 1 is 1.11 bits per heavy atom. The molecule has 0 saturated carbocycles. The average Bonchev–Trinajstić information content (AvgIpc) is 2.69. The van der Waals surface area contributed by atoms with E-state index in [1.165, 1.54) is 11.6 Å². The van der Waals surface area contributed by atoms with E-state index in [4.69, 9.17) is 21.1 Å². The quantitative estimate of drug-likeness (QED) is 0.657. The molecule has 27 heavy (non-hydrogen) atoms. The van der Waals surface area contributed by atoms with E-state index in [2.05, 4.69) is 10.2 Å². The van der Waals surface area contributed by atoms with Crippen LogP contribution in [-0.4, -0.2) is 44.3 Å². The van der Waals surface area contributed by atoms with Crippen LogP contribution in [0.3, 0.4) is 0 Å². The second-order valence-corrected chi connectivity index (χ2v) is 7.02. The summed E-state index contributed by atoms with van der Waals surface area (Å²) in [5.74, 6) is 0.353. The van der Waals surface area contributed by atoms with Crippen LogP contribution >= 0.6 is 11.6 Å². The second-order valence-electron chi connectivity index (χ2n) is 6.62. The molecule has 0 bridgehead atoms. The molecule has 3 rings (SSSR count). The van der Waals surface area contributed by atoms with Crippen LogP contribution in [0.1, 0.15) is 17.5 Å². The Labute approximate surface area is 165 Å². The summed E-state index contributed by atoms with van der Waals surface area (Å²) in [7, 11) is 0. The Morgan fingerprint density at radius 3 is 2.63 bits per heavy atom. The van der Waals surface area contributed by atoms with Gasteiger partial charge in [0.15, 0.2) is 0 Å². The summed E-state index contributed by atoms with van der Waals surface area (Å²) < 4.78 is 24.8. The van der Waals surface area contributed by atoms with Gasteiger partial charge < -0.3 is 14.8 Å². The summed E-state index contributed by atoms with van der Waals surface area (Å²) in [5.41, 5.74) is 1.57. The van der Waals surface area contributed by atoms with Crippen molar-refractivity contribution < 1.29 is 13.9 Å². The van der Waals surface area contributed by atoms with Crippen LogP contribution in [0.25, 0.3) is 0 Å². The Morgan fingerprint density at radius 2 is 1.89 bits per heavy atom. The number of hydrogen-bond donors (Lipinski definition) is 1. The van der Waals surface area contributed by atoms with Gasteiger partial charge >= 0.3 is 0 Å². The number of rotatable bonds is 9. The predicted octanol–water partition coefficient (Wildman–Crippen LogP) is 3.87. The summed E-state index contributed by atoms with van der Waals surface area (Å²) in [5, 5.41) is 3.85. The van der Waals surface area contributed by atoms with Crippen molar-refractivity contribution in [1.29, 1.82) is 0 Å². The third-order valence-corrected chi connectivity index (χ3v) is 4.98. The molecular formula is C21H26ClFN2O2. The molecule has 2 aromatic carbocycles. The van der Waals surface area contributed by atoms with Crippen molar-refractivity contribution in [1.82, 2.24) is 10.2 Å². The minimum atomic E-state index is -0.347. The minimum Gasteiger partial charge on any atom is -0.489 e. The smallest absolute Gasteiger partial charge is 0.131 e. The van der Waals surface area contributed by atoms with Gasteiger partial charge in [-0.15, -0.1) is 0 Å². The maximum atomic E-state index is 13.8. The molecule has 146 valence electrons. The third kappa shape index (κ3) is 6.47. The van der Waals surface area contributed by atoms with Crippen molar-refractivity contribution in [3.8, 4) is 5.75 Å². The number of ether oxygens (including phenoxy) is 2. The number of nitrogens with zero attached hydrogens (tertiary/aromatic N) is 1. The highest BCUT2D eigenvalue weighted by Crippen LogP contribution is 2.21. The molecule has 1 heterocycles. The van der Waals surface area contributed by atoms with Gasteiger partial charge in [-0.05, 0) is 49.3 Å². The minimum absolute atomic E-state index is 0.116. The van der Waals surface area contributed by atoms with E-state index in [0.717, 1.165) is 52.4 Å². The van der Waals surface area contributed by atoms with Crippen LogP contribution in [0.2, 0.25) is 5.02 Å². The van der Waals surface area contributed by atoms with Crippen molar-refractivity contribution in [3.05, 3.63) is 64.4 Å². The lowest BCUT2D eigenvalue weighted by molar-refractivity contribution is 0.0374. The lowest BCUT2D eigenvalue weighted by atomic mass is 10.2. The molecule has 0 aliphatic carbocycles. The largest absolute Gasteiger partial charge is 0.489 e. The fourth-order valence-corrected chi connectivity index (χ4v) is 3.23. The van der Waals surface area contributed by atoms with E-state index in [1.54, 1.807) is 12.1 Å². The van der Waals surface area contributed by atoms with E-state index in [-0.39, 0.29) is 12.4 Å². The van der Waals surface area contributed by atoms with Gasteiger partial charge in [0.2, 0.25) is 0 Å². The number of nitrogens with one attached hydrogen (secondary N) is 1. The first-order chi connectivity index (χ1) is 13.2. The molecule has 1 aliphatic heterocycles. The van der Waals surface area contributed by atoms with Crippen LogP contribution in [0, 0.1) is 5.82 Å². The summed E-state index contributed by atoms with van der Waals surface area (Å²) >= 11 is 6.02. The van der Waals surface area contributed by atoms with Crippen LogP contribution in [0.15, 0.2) is 42.5 Å². The molecular weight excluding hydrogens is 367 g/mol. The van der Waals surface area contributed by atoms with Gasteiger partial charge in [0.1, 0.15) is 18.2 Å². The monoisotopic (exact) mass is 392 g/mol. The standard InChI is InChI=1S/C21H26ClFN2O2/c22-20-3-1-4-21(23)19(20)16-27-18-7-5-17(6-8-18)15-24-9-2-10-25-11-13-26-14-12-25/h1,3-8,24H,2,9-16H2. The molecule has 1 aliphatic rings. The fourth-order valence-electron chi connectivity index (χ4n) is 3.01. The molecule has 2 aromatic rings. The van der Waals surface area contributed by atoms with Crippen LogP contribution in [-0.2, 0) is 17.9 Å². The lowest BCUT2D eigenvalue weighted by Gasteiger charge is -2.26. The van der Waals surface area contributed by atoms with Crippen LogP contribution in [0.5, 0.6) is 5.75 Å². The van der Waals surface area contributed by atoms with Crippen molar-refractivity contribution in [2.45, 2.75) is 19.6 Å². The first-order valence-corrected chi connectivity index (χ1v) is 9.75. The molecule has 1 fully saturated rings. The maximum Gasteiger partial charge on any atom is 0.131 e. The topological polar surface area (TPSA) is 33.7 Å². The van der Waals surface area contributed by atoms with Crippen LogP contribution in [0.4, 0.5) is 4.39 Å². The predicted molar refractivity (Wildman–Crippen MR) is 106 cm³/mol. The molecule has 0 unspecified atom stereocenters. The zero-order valence-electron chi connectivity index (χ0n) is 15.4. The number of hydrogen-bond acceptors (Lipinski definition) is 4. The fraction of sp³-hybridized carbons (Fsp3) is 0.429. The lowest BCUT2D eigenvalue weighted by Crippen LogP contribution is -2.37. The second kappa shape index (κ2) is 10.6. The van der Waals surface area contributed by atoms with Gasteiger partial charge in [0.05, 0.1) is 18.2 Å². The van der Waals surface area contributed by atoms with Crippen molar-refractivity contribution in [2.75, 3.05) is 39.4 Å². The summed E-state index contributed by atoms with van der Waals surface area (Å²) in [4.78, 5) is 2.44. The Hall–Kier alpha value is -1.66. The average molecular weight is 393 g/mol. The Bertz CT molecular complexity index is 686. The summed E-state index contributed by atoms with van der Waals surface area (Å²) in [6.07, 6.45) is 1.13. The van der Waals surface area contributed by atoms with Gasteiger partial charge in [-0.3, -0.25) is 4.90 Å². The SMILES string of the molecule is Fc1cccc(Cl)c1COc1ccc(CNCCCN2CCOCC2)cc1. The highest BCUT2D eigenvalue weighted by molar-refractivity contribution is 6.31. The summed E-state index contributed by atoms with van der Waals surface area (Å²) in [6.45, 7) is 6.82. The van der Waals surface area contributed by atoms with Gasteiger partial charge in [-0.1, -0.05) is 29.8 Å². The van der Waals surface area contributed by atoms with Crippen molar-refractivity contribution in [3.63, 3.8) is 0 Å². The van der Waals surface area contributed by atoms with Crippen molar-refractivity contribution in [2.24, 2.45) is 0 Å². The van der Waals surface area contributed by atoms with E-state index in [0.29, 0.717) is 16.3 Å². The van der Waals surface area contributed by atoms with E-state index in [1.807, 2.05) is 24.3 Å². The van der Waals surface area contributed by atoms with E-state index in [9.17, 15) is 4.39 Å². The van der Waals surface area contributed by atoms with Gasteiger partial charge in [-0.25, -0.2) is 4.39 Å². The first kappa shape index (κ1) is 20.1. The molecule has 0 atom stereocenters. The van der Waals surface area contributed by atoms with Gasteiger partial charge in [0, 0.05) is 25.2 Å². The molecule has 0 aromatic heterocycles. The molecule has 1 saturated heterocycles. The van der Waals surface area contributed by atoms with E-state index < -0.39 is 0 Å². The summed E-state index contributed by atoms with van der Waals surface area (Å²) in [6, 6.07) is 12.5. The molecule has 1 N–H and O–H groups in total. The Balaban J connectivity index is 1.36. The maximum absolute atomic E-state index is 13.8. The first-order valence-electron chi connectivity index (χ1n) is 9.38. The third-order valence-electron chi connectivity index (χ3n) is 4.63. The highest BCUT2D eigenvalue weighted by atomic mass is 35.5. The van der Waals surface area contributed by atoms with E-state index >= 15 is 0 Å². The normalized spacial score (nSPS) is 15.0. The zero-order valence-corrected chi connectivity index (χ0v) is 16.2. The molecule has 6 heteroatoms. The van der Waals surface area contributed by atoms with Crippen LogP contribution < -0.4 is 10.1 Å². The van der Waals surface area contributed by atoms with Gasteiger partial charge in [0.25, 0.3) is 0 Å². The zero-order chi connectivity index (χ0) is 18.9. The molecule has 0 amide bonds. The number of benzene rings is 2. The number of morpholine rings is 1. The number of halogens is 2. The highest BCUT2D eigenvalue weighted by Gasteiger charge is 2.09.